The summed E-state index contributed by atoms with van der Waals surface area (Å²) in [4.78, 5) is 26.8. The smallest absolute Gasteiger partial charge is 0.339 e. The van der Waals surface area contributed by atoms with E-state index in [0.29, 0.717) is 24.3 Å². The summed E-state index contributed by atoms with van der Waals surface area (Å²) >= 11 is 0. The zero-order valence-corrected chi connectivity index (χ0v) is 23.1. The number of hydrogen-bond donors (Lipinski definition) is 0. The van der Waals surface area contributed by atoms with Gasteiger partial charge in [0.25, 0.3) is 0 Å². The molecule has 0 N–H and O–H groups in total. The highest BCUT2D eigenvalue weighted by atomic mass is 16.5. The lowest BCUT2D eigenvalue weighted by Gasteiger charge is -2.17. The molecule has 0 saturated heterocycles. The highest BCUT2D eigenvalue weighted by molar-refractivity contribution is 6.25. The molecule has 0 aliphatic carbocycles. The third-order valence-electron chi connectivity index (χ3n) is 7.13. The van der Waals surface area contributed by atoms with Crippen LogP contribution in [0.25, 0.3) is 21.5 Å². The van der Waals surface area contributed by atoms with Crippen molar-refractivity contribution in [3.8, 4) is 0 Å². The Kier molecular flexibility index (Phi) is 11.9. The lowest BCUT2D eigenvalue weighted by atomic mass is 9.89. The van der Waals surface area contributed by atoms with Gasteiger partial charge in [-0.1, -0.05) is 121 Å². The Balaban J connectivity index is 1.83. The SMILES string of the molecule is CCCCCCCCOC(=O)c1c2ccccc2c(C(=O)OCCCCCCCC)c2c(C)cccc12. The van der Waals surface area contributed by atoms with Crippen LogP contribution in [0.4, 0.5) is 0 Å². The molecule has 0 radical (unpaired) electrons. The highest BCUT2D eigenvalue weighted by Gasteiger charge is 2.24. The van der Waals surface area contributed by atoms with E-state index in [1.807, 2.05) is 49.4 Å². The van der Waals surface area contributed by atoms with Crippen molar-refractivity contribution in [3.05, 3.63) is 59.2 Å². The molecule has 0 aliphatic rings. The van der Waals surface area contributed by atoms with Gasteiger partial charge in [-0.15, -0.1) is 0 Å². The van der Waals surface area contributed by atoms with Crippen molar-refractivity contribution < 1.29 is 19.1 Å². The first kappa shape index (κ1) is 28.7. The number of carbonyl (C=O) groups is 2. The Morgan fingerprint density at radius 1 is 0.568 bits per heavy atom. The Morgan fingerprint density at radius 3 is 1.59 bits per heavy atom. The molecule has 0 amide bonds. The van der Waals surface area contributed by atoms with E-state index in [0.717, 1.165) is 52.8 Å². The first-order valence-corrected chi connectivity index (χ1v) is 14.4. The molecule has 0 saturated carbocycles. The summed E-state index contributed by atoms with van der Waals surface area (Å²) in [6.45, 7) is 7.22. The number of rotatable bonds is 16. The minimum Gasteiger partial charge on any atom is -0.462 e. The second kappa shape index (κ2) is 15.4. The van der Waals surface area contributed by atoms with Gasteiger partial charge in [0.15, 0.2) is 0 Å². The summed E-state index contributed by atoms with van der Waals surface area (Å²) in [5.74, 6) is -0.650. The molecular formula is C33H44O4. The van der Waals surface area contributed by atoms with Gasteiger partial charge in [-0.2, -0.15) is 0 Å². The molecular weight excluding hydrogens is 460 g/mol. The maximum Gasteiger partial charge on any atom is 0.339 e. The molecule has 3 aromatic carbocycles. The predicted molar refractivity (Wildman–Crippen MR) is 154 cm³/mol. The zero-order chi connectivity index (χ0) is 26.5. The predicted octanol–water partition coefficient (Wildman–Crippen LogP) is 9.34. The molecule has 0 heterocycles. The van der Waals surface area contributed by atoms with Gasteiger partial charge in [-0.3, -0.25) is 0 Å². The number of hydrogen-bond acceptors (Lipinski definition) is 4. The van der Waals surface area contributed by atoms with Crippen LogP contribution in [0.5, 0.6) is 0 Å². The van der Waals surface area contributed by atoms with E-state index in [2.05, 4.69) is 13.8 Å². The quantitative estimate of drug-likeness (QED) is 0.111. The molecule has 4 heteroatoms. The van der Waals surface area contributed by atoms with Crippen molar-refractivity contribution >= 4 is 33.5 Å². The van der Waals surface area contributed by atoms with Gasteiger partial charge >= 0.3 is 11.9 Å². The van der Waals surface area contributed by atoms with Crippen molar-refractivity contribution in [2.75, 3.05) is 13.2 Å². The number of unbranched alkanes of at least 4 members (excludes halogenated alkanes) is 10. The molecule has 3 aromatic rings. The van der Waals surface area contributed by atoms with Crippen LogP contribution in [0, 0.1) is 6.92 Å². The molecule has 3 rings (SSSR count). The van der Waals surface area contributed by atoms with Gasteiger partial charge in [-0.25, -0.2) is 9.59 Å². The Morgan fingerprint density at radius 2 is 1.03 bits per heavy atom. The maximum absolute atomic E-state index is 13.4. The van der Waals surface area contributed by atoms with Crippen LogP contribution in [0.15, 0.2) is 42.5 Å². The fourth-order valence-corrected chi connectivity index (χ4v) is 5.08. The Hall–Kier alpha value is -2.88. The van der Waals surface area contributed by atoms with Crippen molar-refractivity contribution in [1.29, 1.82) is 0 Å². The van der Waals surface area contributed by atoms with Crippen LogP contribution in [-0.4, -0.2) is 25.2 Å². The van der Waals surface area contributed by atoms with Crippen LogP contribution in [0.3, 0.4) is 0 Å². The molecule has 0 atom stereocenters. The van der Waals surface area contributed by atoms with E-state index in [4.69, 9.17) is 9.47 Å². The molecule has 0 unspecified atom stereocenters. The number of ether oxygens (including phenoxy) is 2. The summed E-state index contributed by atoms with van der Waals surface area (Å²) in [5.41, 5.74) is 2.02. The molecule has 0 fully saturated rings. The summed E-state index contributed by atoms with van der Waals surface area (Å²) in [7, 11) is 0. The first-order chi connectivity index (χ1) is 18.1. The monoisotopic (exact) mass is 504 g/mol. The Bertz CT molecular complexity index is 1160. The summed E-state index contributed by atoms with van der Waals surface area (Å²) in [5, 5.41) is 3.00. The number of benzene rings is 3. The summed E-state index contributed by atoms with van der Waals surface area (Å²) in [6, 6.07) is 13.5. The molecule has 4 nitrogen and oxygen atoms in total. The van der Waals surface area contributed by atoms with Gasteiger partial charge in [-0.05, 0) is 41.5 Å². The van der Waals surface area contributed by atoms with Gasteiger partial charge in [0.2, 0.25) is 0 Å². The molecule has 37 heavy (non-hydrogen) atoms. The van der Waals surface area contributed by atoms with E-state index >= 15 is 0 Å². The van der Waals surface area contributed by atoms with E-state index in [-0.39, 0.29) is 11.9 Å². The topological polar surface area (TPSA) is 52.6 Å². The number of carbonyl (C=O) groups excluding carboxylic acids is 2. The fourth-order valence-electron chi connectivity index (χ4n) is 5.08. The average molecular weight is 505 g/mol. The lowest BCUT2D eigenvalue weighted by Crippen LogP contribution is -2.13. The van der Waals surface area contributed by atoms with Gasteiger partial charge in [0, 0.05) is 5.39 Å². The normalized spacial score (nSPS) is 11.2. The van der Waals surface area contributed by atoms with Gasteiger partial charge in [0.1, 0.15) is 0 Å². The van der Waals surface area contributed by atoms with Crippen molar-refractivity contribution in [2.24, 2.45) is 0 Å². The largest absolute Gasteiger partial charge is 0.462 e. The van der Waals surface area contributed by atoms with E-state index in [1.165, 1.54) is 51.4 Å². The van der Waals surface area contributed by atoms with Crippen LogP contribution >= 0.6 is 0 Å². The van der Waals surface area contributed by atoms with E-state index < -0.39 is 0 Å². The van der Waals surface area contributed by atoms with Crippen molar-refractivity contribution in [2.45, 2.75) is 97.8 Å². The Labute approximate surface area is 222 Å². The van der Waals surface area contributed by atoms with Crippen molar-refractivity contribution in [3.63, 3.8) is 0 Å². The molecule has 0 aromatic heterocycles. The highest BCUT2D eigenvalue weighted by Crippen LogP contribution is 2.36. The fraction of sp³-hybridized carbons (Fsp3) is 0.515. The maximum atomic E-state index is 13.4. The minimum absolute atomic E-state index is 0.323. The standard InChI is InChI=1S/C33H44O4/c1-4-6-8-10-12-16-23-36-32(34)30-26-20-14-15-21-27(26)31(29-25(3)19-18-22-28(29)30)33(35)37-24-17-13-11-9-7-5-2/h14-15,18-22H,4-13,16-17,23-24H2,1-3H3. The average Bonchev–Trinajstić information content (AvgIpc) is 2.90. The van der Waals surface area contributed by atoms with Gasteiger partial charge in [0.05, 0.1) is 24.3 Å². The van der Waals surface area contributed by atoms with E-state index in [9.17, 15) is 9.59 Å². The summed E-state index contributed by atoms with van der Waals surface area (Å²) < 4.78 is 11.5. The van der Waals surface area contributed by atoms with Crippen LogP contribution < -0.4 is 0 Å². The first-order valence-electron chi connectivity index (χ1n) is 14.4. The van der Waals surface area contributed by atoms with Gasteiger partial charge < -0.3 is 9.47 Å². The number of aryl methyl sites for hydroxylation is 1. The van der Waals surface area contributed by atoms with Crippen LogP contribution in [0.1, 0.15) is 117 Å². The number of esters is 2. The molecule has 0 bridgehead atoms. The third-order valence-corrected chi connectivity index (χ3v) is 7.13. The van der Waals surface area contributed by atoms with Crippen LogP contribution in [-0.2, 0) is 9.47 Å². The van der Waals surface area contributed by atoms with Crippen LogP contribution in [0.2, 0.25) is 0 Å². The second-order valence-electron chi connectivity index (χ2n) is 10.1. The third kappa shape index (κ3) is 7.80. The molecule has 200 valence electrons. The lowest BCUT2D eigenvalue weighted by molar-refractivity contribution is 0.0489. The molecule has 0 aliphatic heterocycles. The second-order valence-corrected chi connectivity index (χ2v) is 10.1. The van der Waals surface area contributed by atoms with Crippen molar-refractivity contribution in [1.82, 2.24) is 0 Å². The zero-order valence-electron chi connectivity index (χ0n) is 23.1. The molecule has 0 spiro atoms. The number of fused-ring (bicyclic) bond motifs is 2. The minimum atomic E-state index is -0.327. The van der Waals surface area contributed by atoms with E-state index in [1.54, 1.807) is 0 Å². The summed E-state index contributed by atoms with van der Waals surface area (Å²) in [6.07, 6.45) is 13.6.